The summed E-state index contributed by atoms with van der Waals surface area (Å²) in [5.41, 5.74) is 1.06. The summed E-state index contributed by atoms with van der Waals surface area (Å²) >= 11 is 1.63. The number of nitrogens with zero attached hydrogens (tertiary/aromatic N) is 1. The first-order valence-corrected chi connectivity index (χ1v) is 7.58. The van der Waals surface area contributed by atoms with Gasteiger partial charge in [-0.2, -0.15) is 0 Å². The van der Waals surface area contributed by atoms with Crippen molar-refractivity contribution in [3.63, 3.8) is 0 Å². The van der Waals surface area contributed by atoms with E-state index in [0.29, 0.717) is 0 Å². The Morgan fingerprint density at radius 2 is 1.76 bits per heavy atom. The normalized spacial score (nSPS) is 12.9. The molecule has 0 aliphatic carbocycles. The van der Waals surface area contributed by atoms with E-state index >= 15 is 0 Å². The van der Waals surface area contributed by atoms with Gasteiger partial charge in [0.2, 0.25) is 0 Å². The Kier molecular flexibility index (Phi) is 6.75. The summed E-state index contributed by atoms with van der Waals surface area (Å²) in [7, 11) is 0. The molecule has 17 heavy (non-hydrogen) atoms. The summed E-state index contributed by atoms with van der Waals surface area (Å²) in [5.74, 6) is 0. The maximum absolute atomic E-state index is 10.0. The molecule has 1 heterocycles. The number of hydrogen-bond donors (Lipinski definition) is 1. The van der Waals surface area contributed by atoms with Crippen molar-refractivity contribution in [2.24, 2.45) is 0 Å². The van der Waals surface area contributed by atoms with Crippen LogP contribution in [0.2, 0.25) is 0 Å². The zero-order valence-corrected chi connectivity index (χ0v) is 12.1. The molecule has 0 saturated carbocycles. The molecule has 0 saturated heterocycles. The van der Waals surface area contributed by atoms with E-state index in [1.54, 1.807) is 11.3 Å². The van der Waals surface area contributed by atoms with Gasteiger partial charge in [-0.15, -0.1) is 11.3 Å². The SMILES string of the molecule is CCCCCCCCC(O)c1nc(C)c(C)s1. The summed E-state index contributed by atoms with van der Waals surface area (Å²) in [6.07, 6.45) is 8.13. The van der Waals surface area contributed by atoms with Gasteiger partial charge in [0.25, 0.3) is 0 Å². The van der Waals surface area contributed by atoms with Gasteiger partial charge >= 0.3 is 0 Å². The maximum atomic E-state index is 10.0. The van der Waals surface area contributed by atoms with E-state index in [1.807, 2.05) is 6.92 Å². The molecule has 0 aliphatic rings. The van der Waals surface area contributed by atoms with Crippen LogP contribution in [-0.4, -0.2) is 10.1 Å². The van der Waals surface area contributed by atoms with Gasteiger partial charge in [0.1, 0.15) is 11.1 Å². The number of rotatable bonds is 8. The standard InChI is InChI=1S/C14H25NOS/c1-4-5-6-7-8-9-10-13(16)14-15-11(2)12(3)17-14/h13,16H,4-10H2,1-3H3. The highest BCUT2D eigenvalue weighted by Crippen LogP contribution is 2.26. The first kappa shape index (κ1) is 14.7. The van der Waals surface area contributed by atoms with Crippen molar-refractivity contribution in [1.82, 2.24) is 4.98 Å². The second kappa shape index (κ2) is 7.83. The predicted octanol–water partition coefficient (Wildman–Crippen LogP) is 4.54. The van der Waals surface area contributed by atoms with E-state index in [4.69, 9.17) is 0 Å². The fourth-order valence-electron chi connectivity index (χ4n) is 1.88. The highest BCUT2D eigenvalue weighted by Gasteiger charge is 2.12. The second-order valence-corrected chi connectivity index (χ2v) is 6.00. The Labute approximate surface area is 109 Å². The van der Waals surface area contributed by atoms with Gasteiger partial charge in [-0.05, 0) is 20.3 Å². The van der Waals surface area contributed by atoms with Crippen molar-refractivity contribution in [2.75, 3.05) is 0 Å². The van der Waals surface area contributed by atoms with E-state index in [2.05, 4.69) is 18.8 Å². The zero-order valence-electron chi connectivity index (χ0n) is 11.3. The van der Waals surface area contributed by atoms with E-state index in [0.717, 1.165) is 23.5 Å². The average Bonchev–Trinajstić information content (AvgIpc) is 2.64. The smallest absolute Gasteiger partial charge is 0.122 e. The third kappa shape index (κ3) is 5.17. The molecular formula is C14H25NOS. The largest absolute Gasteiger partial charge is 0.386 e. The molecule has 0 amide bonds. The monoisotopic (exact) mass is 255 g/mol. The van der Waals surface area contributed by atoms with Crippen molar-refractivity contribution in [1.29, 1.82) is 0 Å². The maximum Gasteiger partial charge on any atom is 0.122 e. The number of thiazole rings is 1. The molecule has 1 aromatic rings. The van der Waals surface area contributed by atoms with Gasteiger partial charge in [-0.3, -0.25) is 0 Å². The third-order valence-electron chi connectivity index (χ3n) is 3.16. The zero-order chi connectivity index (χ0) is 12.7. The first-order chi connectivity index (χ1) is 8.15. The van der Waals surface area contributed by atoms with Crippen LogP contribution in [0.25, 0.3) is 0 Å². The molecule has 0 spiro atoms. The van der Waals surface area contributed by atoms with Crippen LogP contribution < -0.4 is 0 Å². The molecule has 98 valence electrons. The van der Waals surface area contributed by atoms with Crippen molar-refractivity contribution >= 4 is 11.3 Å². The highest BCUT2D eigenvalue weighted by molar-refractivity contribution is 7.11. The molecule has 1 N–H and O–H groups in total. The topological polar surface area (TPSA) is 33.1 Å². The molecule has 0 aliphatic heterocycles. The second-order valence-electron chi connectivity index (χ2n) is 4.77. The minimum Gasteiger partial charge on any atom is -0.386 e. The molecule has 2 nitrogen and oxygen atoms in total. The Balaban J connectivity index is 2.19. The minimum absolute atomic E-state index is 0.349. The van der Waals surface area contributed by atoms with Crippen molar-refractivity contribution < 1.29 is 5.11 Å². The van der Waals surface area contributed by atoms with Crippen molar-refractivity contribution in [3.8, 4) is 0 Å². The molecule has 1 rings (SSSR count). The van der Waals surface area contributed by atoms with E-state index in [1.165, 1.54) is 37.0 Å². The van der Waals surface area contributed by atoms with E-state index in [9.17, 15) is 5.11 Å². The van der Waals surface area contributed by atoms with Gasteiger partial charge in [-0.25, -0.2) is 4.98 Å². The van der Waals surface area contributed by atoms with Crippen LogP contribution >= 0.6 is 11.3 Å². The quantitative estimate of drug-likeness (QED) is 0.692. The number of hydrogen-bond acceptors (Lipinski definition) is 3. The number of unbranched alkanes of at least 4 members (excludes halogenated alkanes) is 5. The van der Waals surface area contributed by atoms with Gasteiger partial charge < -0.3 is 5.11 Å². The van der Waals surface area contributed by atoms with Crippen LogP contribution in [0, 0.1) is 13.8 Å². The van der Waals surface area contributed by atoms with Crippen LogP contribution in [0.4, 0.5) is 0 Å². The Morgan fingerprint density at radius 3 is 2.35 bits per heavy atom. The fraction of sp³-hybridized carbons (Fsp3) is 0.786. The summed E-state index contributed by atoms with van der Waals surface area (Å²) in [6, 6.07) is 0. The summed E-state index contributed by atoms with van der Waals surface area (Å²) in [5, 5.41) is 10.9. The lowest BCUT2D eigenvalue weighted by molar-refractivity contribution is 0.162. The van der Waals surface area contributed by atoms with Gasteiger partial charge in [0.05, 0.1) is 5.69 Å². The average molecular weight is 255 g/mol. The lowest BCUT2D eigenvalue weighted by Crippen LogP contribution is -1.96. The van der Waals surface area contributed by atoms with Gasteiger partial charge in [0, 0.05) is 4.88 Å². The molecule has 0 radical (unpaired) electrons. The molecule has 0 aromatic carbocycles. The van der Waals surface area contributed by atoms with E-state index < -0.39 is 0 Å². The lowest BCUT2D eigenvalue weighted by atomic mass is 10.1. The van der Waals surface area contributed by atoms with Gasteiger partial charge in [0.15, 0.2) is 0 Å². The van der Waals surface area contributed by atoms with Crippen molar-refractivity contribution in [3.05, 3.63) is 15.6 Å². The van der Waals surface area contributed by atoms with Crippen molar-refractivity contribution in [2.45, 2.75) is 71.8 Å². The molecular weight excluding hydrogens is 230 g/mol. The number of aryl methyl sites for hydroxylation is 2. The van der Waals surface area contributed by atoms with Crippen LogP contribution in [-0.2, 0) is 0 Å². The first-order valence-electron chi connectivity index (χ1n) is 6.77. The summed E-state index contributed by atoms with van der Waals surface area (Å²) in [6.45, 7) is 6.30. The lowest BCUT2D eigenvalue weighted by Gasteiger charge is -2.06. The van der Waals surface area contributed by atoms with Gasteiger partial charge in [-0.1, -0.05) is 45.4 Å². The van der Waals surface area contributed by atoms with Crippen LogP contribution in [0.15, 0.2) is 0 Å². The molecule has 1 aromatic heterocycles. The predicted molar refractivity (Wildman–Crippen MR) is 74.5 cm³/mol. The molecule has 0 fully saturated rings. The molecule has 1 unspecified atom stereocenters. The van der Waals surface area contributed by atoms with E-state index in [-0.39, 0.29) is 6.10 Å². The van der Waals surface area contributed by atoms with Crippen LogP contribution in [0.3, 0.4) is 0 Å². The minimum atomic E-state index is -0.349. The highest BCUT2D eigenvalue weighted by atomic mass is 32.1. The number of aliphatic hydroxyl groups excluding tert-OH is 1. The Hall–Kier alpha value is -0.410. The fourth-order valence-corrected chi connectivity index (χ4v) is 2.83. The molecule has 1 atom stereocenters. The summed E-state index contributed by atoms with van der Waals surface area (Å²) < 4.78 is 0. The Bertz CT molecular complexity index is 303. The van der Waals surface area contributed by atoms with Crippen LogP contribution in [0.5, 0.6) is 0 Å². The third-order valence-corrected chi connectivity index (χ3v) is 4.34. The molecule has 3 heteroatoms. The summed E-state index contributed by atoms with van der Waals surface area (Å²) in [4.78, 5) is 5.63. The Morgan fingerprint density at radius 1 is 1.12 bits per heavy atom. The number of aliphatic hydroxyl groups is 1. The molecule has 0 bridgehead atoms. The number of aromatic nitrogens is 1. The van der Waals surface area contributed by atoms with Crippen LogP contribution in [0.1, 0.15) is 73.6 Å².